The molecule has 118 valence electrons. The number of carboxylic acids is 1. The summed E-state index contributed by atoms with van der Waals surface area (Å²) in [5.41, 5.74) is 0. The third-order valence-corrected chi connectivity index (χ3v) is 3.62. The second-order valence-corrected chi connectivity index (χ2v) is 5.32. The van der Waals surface area contributed by atoms with Crippen LogP contribution < -0.4 is 10.6 Å². The minimum absolute atomic E-state index is 0.135. The molecule has 1 saturated heterocycles. The van der Waals surface area contributed by atoms with Gasteiger partial charge in [0.15, 0.2) is 0 Å². The van der Waals surface area contributed by atoms with Crippen LogP contribution in [0, 0.1) is 0 Å². The maximum absolute atomic E-state index is 12.2. The number of rotatable bonds is 5. The summed E-state index contributed by atoms with van der Waals surface area (Å²) in [4.78, 5) is 36.7. The zero-order valence-electron chi connectivity index (χ0n) is 12.0. The molecule has 0 aromatic rings. The van der Waals surface area contributed by atoms with Crippen LogP contribution in [0.4, 0.5) is 4.79 Å². The van der Waals surface area contributed by atoms with Gasteiger partial charge in [0.05, 0.1) is 13.2 Å². The number of ether oxygens (including phenoxy) is 1. The smallest absolute Gasteiger partial charge is 0.326 e. The number of nitrogens with one attached hydrogen (secondary N) is 2. The van der Waals surface area contributed by atoms with E-state index in [4.69, 9.17) is 9.84 Å². The number of amides is 3. The molecule has 2 unspecified atom stereocenters. The molecule has 1 saturated carbocycles. The van der Waals surface area contributed by atoms with Crippen molar-refractivity contribution in [1.29, 1.82) is 0 Å². The minimum Gasteiger partial charge on any atom is -0.480 e. The van der Waals surface area contributed by atoms with Crippen molar-refractivity contribution in [1.82, 2.24) is 15.5 Å². The van der Waals surface area contributed by atoms with Gasteiger partial charge in [0.25, 0.3) is 0 Å². The highest BCUT2D eigenvalue weighted by Crippen LogP contribution is 2.19. The van der Waals surface area contributed by atoms with Crippen LogP contribution in [0.2, 0.25) is 0 Å². The van der Waals surface area contributed by atoms with Gasteiger partial charge < -0.3 is 25.4 Å². The second-order valence-electron chi connectivity index (χ2n) is 5.32. The molecule has 1 heterocycles. The molecule has 0 radical (unpaired) electrons. The van der Waals surface area contributed by atoms with Crippen LogP contribution in [-0.2, 0) is 14.3 Å². The number of aliphatic carboxylic acids is 1. The highest BCUT2D eigenvalue weighted by Gasteiger charge is 2.36. The molecule has 3 amide bonds. The van der Waals surface area contributed by atoms with Gasteiger partial charge in [0.2, 0.25) is 5.91 Å². The van der Waals surface area contributed by atoms with E-state index in [-0.39, 0.29) is 31.5 Å². The topological polar surface area (TPSA) is 108 Å². The molecule has 1 aliphatic carbocycles. The number of carboxylic acid groups (broad SMARTS) is 1. The Bertz CT molecular complexity index is 424. The molecule has 2 aliphatic rings. The van der Waals surface area contributed by atoms with Crippen molar-refractivity contribution >= 4 is 17.9 Å². The summed E-state index contributed by atoms with van der Waals surface area (Å²) in [7, 11) is 0. The zero-order chi connectivity index (χ0) is 15.4. The van der Waals surface area contributed by atoms with Crippen LogP contribution in [0.3, 0.4) is 0 Å². The third-order valence-electron chi connectivity index (χ3n) is 3.62. The number of urea groups is 1. The molecule has 21 heavy (non-hydrogen) atoms. The predicted molar refractivity (Wildman–Crippen MR) is 72.7 cm³/mol. The fourth-order valence-electron chi connectivity index (χ4n) is 2.16. The van der Waals surface area contributed by atoms with Crippen molar-refractivity contribution in [3.8, 4) is 0 Å². The van der Waals surface area contributed by atoms with E-state index < -0.39 is 24.1 Å². The fourth-order valence-corrected chi connectivity index (χ4v) is 2.16. The molecular weight excluding hydrogens is 278 g/mol. The van der Waals surface area contributed by atoms with Crippen molar-refractivity contribution in [2.24, 2.45) is 0 Å². The highest BCUT2D eigenvalue weighted by atomic mass is 16.5. The van der Waals surface area contributed by atoms with Crippen molar-refractivity contribution < 1.29 is 24.2 Å². The summed E-state index contributed by atoms with van der Waals surface area (Å²) in [6.45, 7) is 2.42. The van der Waals surface area contributed by atoms with Crippen molar-refractivity contribution in [2.45, 2.75) is 44.3 Å². The molecule has 3 N–H and O–H groups in total. The molecule has 0 aromatic heterocycles. The number of carbonyl (C=O) groups excluding carboxylic acids is 2. The molecular formula is C13H21N3O5. The molecule has 0 bridgehead atoms. The van der Waals surface area contributed by atoms with Gasteiger partial charge in [-0.1, -0.05) is 6.92 Å². The Balaban J connectivity index is 1.97. The predicted octanol–water partition coefficient (Wildman–Crippen LogP) is -0.461. The van der Waals surface area contributed by atoms with Crippen LogP contribution in [0.1, 0.15) is 26.2 Å². The normalized spacial score (nSPS) is 23.3. The maximum atomic E-state index is 12.2. The van der Waals surface area contributed by atoms with E-state index in [9.17, 15) is 14.4 Å². The summed E-state index contributed by atoms with van der Waals surface area (Å²) in [5, 5.41) is 14.3. The van der Waals surface area contributed by atoms with E-state index in [1.807, 2.05) is 0 Å². The summed E-state index contributed by atoms with van der Waals surface area (Å²) < 4.78 is 5.27. The van der Waals surface area contributed by atoms with Crippen LogP contribution in [-0.4, -0.2) is 65.8 Å². The summed E-state index contributed by atoms with van der Waals surface area (Å²) in [6, 6.07) is -1.99. The van der Waals surface area contributed by atoms with Crippen LogP contribution in [0.5, 0.6) is 0 Å². The lowest BCUT2D eigenvalue weighted by molar-refractivity contribution is -0.139. The molecule has 8 nitrogen and oxygen atoms in total. The van der Waals surface area contributed by atoms with E-state index in [2.05, 4.69) is 10.6 Å². The lowest BCUT2D eigenvalue weighted by atomic mass is 10.2. The Morgan fingerprint density at radius 1 is 1.38 bits per heavy atom. The van der Waals surface area contributed by atoms with E-state index >= 15 is 0 Å². The highest BCUT2D eigenvalue weighted by molar-refractivity contribution is 5.89. The number of nitrogens with zero attached hydrogens (tertiary/aromatic N) is 1. The van der Waals surface area contributed by atoms with Gasteiger partial charge in [-0.25, -0.2) is 9.59 Å². The maximum Gasteiger partial charge on any atom is 0.326 e. The Hall–Kier alpha value is -1.83. The Labute approximate surface area is 122 Å². The lowest BCUT2D eigenvalue weighted by Crippen LogP contribution is -2.60. The SMILES string of the molecule is CCC(NC(=O)N1CCOCC1C(=O)NC1CC1)C(=O)O. The molecule has 0 spiro atoms. The van der Waals surface area contributed by atoms with Crippen LogP contribution in [0.25, 0.3) is 0 Å². The van der Waals surface area contributed by atoms with Crippen LogP contribution in [0.15, 0.2) is 0 Å². The molecule has 2 rings (SSSR count). The Morgan fingerprint density at radius 2 is 2.10 bits per heavy atom. The van der Waals surface area contributed by atoms with Gasteiger partial charge in [0, 0.05) is 12.6 Å². The molecule has 0 aromatic carbocycles. The average molecular weight is 299 g/mol. The third kappa shape index (κ3) is 4.07. The van der Waals surface area contributed by atoms with Gasteiger partial charge >= 0.3 is 12.0 Å². The van der Waals surface area contributed by atoms with Crippen molar-refractivity contribution in [3.05, 3.63) is 0 Å². The van der Waals surface area contributed by atoms with E-state index in [1.165, 1.54) is 4.90 Å². The van der Waals surface area contributed by atoms with E-state index in [1.54, 1.807) is 6.92 Å². The van der Waals surface area contributed by atoms with E-state index in [0.717, 1.165) is 12.8 Å². The Kier molecular flexibility index (Phi) is 5.00. The summed E-state index contributed by atoms with van der Waals surface area (Å²) in [6.07, 6.45) is 2.20. The number of carbonyl (C=O) groups is 3. The van der Waals surface area contributed by atoms with Gasteiger partial charge in [-0.2, -0.15) is 0 Å². The minimum atomic E-state index is -1.09. The molecule has 2 fully saturated rings. The molecule has 2 atom stereocenters. The number of hydrogen-bond donors (Lipinski definition) is 3. The van der Waals surface area contributed by atoms with Crippen LogP contribution >= 0.6 is 0 Å². The standard InChI is InChI=1S/C13H21N3O5/c1-2-9(12(18)19)15-13(20)16-5-6-21-7-10(16)11(17)14-8-3-4-8/h8-10H,2-7H2,1H3,(H,14,17)(H,15,20)(H,18,19). The lowest BCUT2D eigenvalue weighted by Gasteiger charge is -2.35. The number of morpholine rings is 1. The molecule has 1 aliphatic heterocycles. The average Bonchev–Trinajstić information content (AvgIpc) is 3.28. The van der Waals surface area contributed by atoms with E-state index in [0.29, 0.717) is 6.61 Å². The monoisotopic (exact) mass is 299 g/mol. The largest absolute Gasteiger partial charge is 0.480 e. The number of hydrogen-bond acceptors (Lipinski definition) is 4. The molecule has 8 heteroatoms. The Morgan fingerprint density at radius 3 is 2.67 bits per heavy atom. The first-order chi connectivity index (χ1) is 10.0. The van der Waals surface area contributed by atoms with Gasteiger partial charge in [0.1, 0.15) is 12.1 Å². The van der Waals surface area contributed by atoms with Crippen molar-refractivity contribution in [2.75, 3.05) is 19.8 Å². The summed E-state index contributed by atoms with van der Waals surface area (Å²) in [5.74, 6) is -1.33. The van der Waals surface area contributed by atoms with Gasteiger partial charge in [-0.05, 0) is 19.3 Å². The van der Waals surface area contributed by atoms with Gasteiger partial charge in [-0.15, -0.1) is 0 Å². The first-order valence-corrected chi connectivity index (χ1v) is 7.21. The summed E-state index contributed by atoms with van der Waals surface area (Å²) >= 11 is 0. The quantitative estimate of drug-likeness (QED) is 0.636. The van der Waals surface area contributed by atoms with Crippen molar-refractivity contribution in [3.63, 3.8) is 0 Å². The van der Waals surface area contributed by atoms with Gasteiger partial charge in [-0.3, -0.25) is 4.79 Å². The fraction of sp³-hybridized carbons (Fsp3) is 0.769. The first-order valence-electron chi connectivity index (χ1n) is 7.21. The zero-order valence-corrected chi connectivity index (χ0v) is 12.0. The second kappa shape index (κ2) is 6.75. The first kappa shape index (κ1) is 15.6.